The number of anilines is 1. The molecule has 0 bridgehead atoms. The molecule has 0 amide bonds. The van der Waals surface area contributed by atoms with Crippen molar-refractivity contribution in [3.63, 3.8) is 0 Å². The Kier molecular flexibility index (Phi) is 2.50. The van der Waals surface area contributed by atoms with Gasteiger partial charge in [-0.05, 0) is 16.3 Å². The third kappa shape index (κ3) is 1.58. The lowest BCUT2D eigenvalue weighted by atomic mass is 9.84. The molecule has 1 aromatic heterocycles. The minimum Gasteiger partial charge on any atom is -0.372 e. The highest BCUT2D eigenvalue weighted by Crippen LogP contribution is 2.44. The fourth-order valence-electron chi connectivity index (χ4n) is 3.85. The molecule has 0 radical (unpaired) electrons. The molecule has 0 fully saturated rings. The van der Waals surface area contributed by atoms with Gasteiger partial charge in [-0.3, -0.25) is 4.98 Å². The molecule has 0 spiro atoms. The van der Waals surface area contributed by atoms with Crippen molar-refractivity contribution in [3.8, 4) is 0 Å². The minimum atomic E-state index is 0.107. The van der Waals surface area contributed by atoms with Crippen LogP contribution in [0.25, 0.3) is 26.5 Å². The van der Waals surface area contributed by atoms with Gasteiger partial charge >= 0.3 is 0 Å². The van der Waals surface area contributed by atoms with Gasteiger partial charge in [0.05, 0.1) is 24.0 Å². The average molecular weight is 287 g/mol. The van der Waals surface area contributed by atoms with Crippen molar-refractivity contribution in [3.05, 3.63) is 53.5 Å². The molecule has 0 saturated heterocycles. The third-order valence-corrected chi connectivity index (χ3v) is 4.69. The number of likely N-dealkylation sites (N-methyl/N-ethyl adjacent to an activating group) is 1. The molecule has 2 heterocycles. The number of pyridine rings is 1. The summed E-state index contributed by atoms with van der Waals surface area (Å²) in [6, 6.07) is 10.1. The Morgan fingerprint density at radius 1 is 1.14 bits per heavy atom. The quantitative estimate of drug-likeness (QED) is 0.442. The first-order chi connectivity index (χ1) is 10.5. The zero-order valence-electron chi connectivity index (χ0n) is 13.0. The molecular weight excluding hydrogens is 270 g/mol. The second kappa shape index (κ2) is 4.20. The SMILES string of the molecule is [C-]#[N+]c1cccc2c1ccc1c3c(cnc12)N(C)CC3(C)C. The summed E-state index contributed by atoms with van der Waals surface area (Å²) in [6.07, 6.45) is 1.98. The van der Waals surface area contributed by atoms with Crippen molar-refractivity contribution in [2.24, 2.45) is 0 Å². The Morgan fingerprint density at radius 2 is 1.91 bits per heavy atom. The zero-order valence-corrected chi connectivity index (χ0v) is 13.0. The summed E-state index contributed by atoms with van der Waals surface area (Å²) >= 11 is 0. The molecule has 0 atom stereocenters. The Labute approximate surface area is 130 Å². The first-order valence-corrected chi connectivity index (χ1v) is 7.46. The maximum atomic E-state index is 7.34. The number of benzene rings is 2. The number of rotatable bonds is 0. The molecule has 4 rings (SSSR count). The highest BCUT2D eigenvalue weighted by Gasteiger charge is 2.35. The van der Waals surface area contributed by atoms with E-state index in [0.29, 0.717) is 5.69 Å². The van der Waals surface area contributed by atoms with E-state index in [4.69, 9.17) is 11.6 Å². The molecule has 2 aromatic carbocycles. The van der Waals surface area contributed by atoms with Crippen LogP contribution in [0.1, 0.15) is 19.4 Å². The van der Waals surface area contributed by atoms with Gasteiger partial charge in [-0.25, -0.2) is 4.85 Å². The first kappa shape index (κ1) is 13.1. The summed E-state index contributed by atoms with van der Waals surface area (Å²) in [5.41, 5.74) is 4.40. The van der Waals surface area contributed by atoms with Crippen LogP contribution in [0.15, 0.2) is 36.5 Å². The topological polar surface area (TPSA) is 20.5 Å². The highest BCUT2D eigenvalue weighted by atomic mass is 15.1. The van der Waals surface area contributed by atoms with E-state index in [1.54, 1.807) is 0 Å². The summed E-state index contributed by atoms with van der Waals surface area (Å²) in [5, 5.41) is 3.27. The van der Waals surface area contributed by atoms with Crippen LogP contribution in [0.5, 0.6) is 0 Å². The second-order valence-electron chi connectivity index (χ2n) is 6.70. The molecule has 1 aliphatic heterocycles. The van der Waals surface area contributed by atoms with E-state index in [-0.39, 0.29) is 5.41 Å². The Morgan fingerprint density at radius 3 is 2.68 bits per heavy atom. The van der Waals surface area contributed by atoms with Crippen LogP contribution >= 0.6 is 0 Å². The van der Waals surface area contributed by atoms with Crippen molar-refractivity contribution < 1.29 is 0 Å². The fourth-order valence-corrected chi connectivity index (χ4v) is 3.85. The Hall–Kier alpha value is -2.60. The van der Waals surface area contributed by atoms with E-state index in [2.05, 4.69) is 48.8 Å². The minimum absolute atomic E-state index is 0.107. The van der Waals surface area contributed by atoms with Crippen molar-refractivity contribution >= 4 is 33.1 Å². The standard InChI is InChI=1S/C19H17N3/c1-19(2)11-22(4)16-10-21-18-13-6-5-7-15(20-3)12(13)8-9-14(18)17(16)19/h5-10H,11H2,1-2,4H3. The molecular formula is C19H17N3. The lowest BCUT2D eigenvalue weighted by molar-refractivity contribution is 0.567. The van der Waals surface area contributed by atoms with Gasteiger partial charge in [-0.1, -0.05) is 44.2 Å². The summed E-state index contributed by atoms with van der Waals surface area (Å²) < 4.78 is 0. The van der Waals surface area contributed by atoms with Gasteiger partial charge in [0.1, 0.15) is 0 Å². The van der Waals surface area contributed by atoms with Crippen molar-refractivity contribution in [2.45, 2.75) is 19.3 Å². The van der Waals surface area contributed by atoms with E-state index in [1.165, 1.54) is 16.6 Å². The van der Waals surface area contributed by atoms with Crippen molar-refractivity contribution in [1.82, 2.24) is 4.98 Å². The number of fused-ring (bicyclic) bond motifs is 5. The van der Waals surface area contributed by atoms with Crippen LogP contribution in [0, 0.1) is 6.57 Å². The molecule has 0 aliphatic carbocycles. The third-order valence-electron chi connectivity index (χ3n) is 4.69. The molecule has 22 heavy (non-hydrogen) atoms. The summed E-state index contributed by atoms with van der Waals surface area (Å²) in [5.74, 6) is 0. The lowest BCUT2D eigenvalue weighted by Crippen LogP contribution is -2.25. The van der Waals surface area contributed by atoms with Crippen LogP contribution in [0.3, 0.4) is 0 Å². The molecule has 1 aliphatic rings. The number of nitrogens with zero attached hydrogens (tertiary/aromatic N) is 3. The van der Waals surface area contributed by atoms with Crippen LogP contribution in [-0.2, 0) is 5.41 Å². The highest BCUT2D eigenvalue weighted by molar-refractivity contribution is 6.11. The van der Waals surface area contributed by atoms with Crippen LogP contribution in [0.2, 0.25) is 0 Å². The van der Waals surface area contributed by atoms with Crippen molar-refractivity contribution in [2.75, 3.05) is 18.5 Å². The Balaban J connectivity index is 2.18. The summed E-state index contributed by atoms with van der Waals surface area (Å²) in [7, 11) is 2.12. The molecule has 3 heteroatoms. The van der Waals surface area contributed by atoms with Gasteiger partial charge in [0.2, 0.25) is 0 Å². The van der Waals surface area contributed by atoms with E-state index in [1.807, 2.05) is 18.3 Å². The maximum absolute atomic E-state index is 7.34. The van der Waals surface area contributed by atoms with Gasteiger partial charge in [-0.2, -0.15) is 0 Å². The summed E-state index contributed by atoms with van der Waals surface area (Å²) in [6.45, 7) is 12.9. The predicted molar refractivity (Wildman–Crippen MR) is 91.8 cm³/mol. The smallest absolute Gasteiger partial charge is 0.194 e. The summed E-state index contributed by atoms with van der Waals surface area (Å²) in [4.78, 5) is 10.6. The van der Waals surface area contributed by atoms with Gasteiger partial charge in [0.15, 0.2) is 5.69 Å². The predicted octanol–water partition coefficient (Wildman–Crippen LogP) is 4.67. The fraction of sp³-hybridized carbons (Fsp3) is 0.263. The van der Waals surface area contributed by atoms with E-state index >= 15 is 0 Å². The van der Waals surface area contributed by atoms with E-state index < -0.39 is 0 Å². The molecule has 108 valence electrons. The van der Waals surface area contributed by atoms with E-state index in [0.717, 1.165) is 22.8 Å². The molecule has 3 aromatic rings. The zero-order chi connectivity index (χ0) is 15.5. The second-order valence-corrected chi connectivity index (χ2v) is 6.70. The monoisotopic (exact) mass is 287 g/mol. The van der Waals surface area contributed by atoms with E-state index in [9.17, 15) is 0 Å². The number of aromatic nitrogens is 1. The average Bonchev–Trinajstić information content (AvgIpc) is 2.75. The molecule has 0 N–H and O–H groups in total. The maximum Gasteiger partial charge on any atom is 0.194 e. The Bertz CT molecular complexity index is 964. The number of hydrogen-bond donors (Lipinski definition) is 0. The normalized spacial score (nSPS) is 16.0. The van der Waals surface area contributed by atoms with Gasteiger partial charge in [0, 0.05) is 24.4 Å². The van der Waals surface area contributed by atoms with Gasteiger partial charge < -0.3 is 4.90 Å². The lowest BCUT2D eigenvalue weighted by Gasteiger charge is -2.20. The molecule has 0 unspecified atom stereocenters. The van der Waals surface area contributed by atoms with Gasteiger partial charge in [0.25, 0.3) is 0 Å². The van der Waals surface area contributed by atoms with Crippen LogP contribution in [0.4, 0.5) is 11.4 Å². The van der Waals surface area contributed by atoms with Crippen LogP contribution < -0.4 is 4.90 Å². The van der Waals surface area contributed by atoms with Gasteiger partial charge in [-0.15, -0.1) is 0 Å². The van der Waals surface area contributed by atoms with Crippen LogP contribution in [-0.4, -0.2) is 18.6 Å². The number of hydrogen-bond acceptors (Lipinski definition) is 2. The van der Waals surface area contributed by atoms with Crippen molar-refractivity contribution in [1.29, 1.82) is 0 Å². The first-order valence-electron chi connectivity index (χ1n) is 7.46. The molecule has 0 saturated carbocycles. The molecule has 3 nitrogen and oxygen atoms in total. The largest absolute Gasteiger partial charge is 0.372 e.